The molecule has 0 atom stereocenters. The molecule has 3 rings (SSSR count). The molecule has 6 nitrogen and oxygen atoms in total. The fourth-order valence-corrected chi connectivity index (χ4v) is 2.82. The molecule has 0 N–H and O–H groups in total. The first kappa shape index (κ1) is 15.7. The van der Waals surface area contributed by atoms with Crippen molar-refractivity contribution in [1.82, 2.24) is 19.9 Å². The molecule has 6 heteroatoms. The average Bonchev–Trinajstić information content (AvgIpc) is 2.93. The van der Waals surface area contributed by atoms with Gasteiger partial charge in [0, 0.05) is 38.2 Å². The third-order valence-corrected chi connectivity index (χ3v) is 4.10. The van der Waals surface area contributed by atoms with Crippen LogP contribution in [0.25, 0.3) is 11.5 Å². The Morgan fingerprint density at radius 2 is 2.00 bits per heavy atom. The van der Waals surface area contributed by atoms with Gasteiger partial charge in [0.15, 0.2) is 5.82 Å². The van der Waals surface area contributed by atoms with Crippen molar-refractivity contribution in [2.45, 2.75) is 26.3 Å². The van der Waals surface area contributed by atoms with Crippen LogP contribution in [-0.4, -0.2) is 52.0 Å². The van der Waals surface area contributed by atoms with Crippen molar-refractivity contribution in [2.24, 2.45) is 0 Å². The standard InChI is InChI=1S/C17H22N4O2/c1-2-16(22)21-10-6-9-20(11-12-21)13-15-18-17(23-19-15)14-7-4-3-5-8-14/h3-5,7-8H,2,6,9-13H2,1H3. The number of carbonyl (C=O) groups is 1. The third kappa shape index (κ3) is 3.96. The van der Waals surface area contributed by atoms with Crippen molar-refractivity contribution < 1.29 is 9.32 Å². The molecule has 0 aliphatic carbocycles. The van der Waals surface area contributed by atoms with Gasteiger partial charge in [-0.1, -0.05) is 30.3 Å². The molecule has 1 amide bonds. The topological polar surface area (TPSA) is 62.5 Å². The van der Waals surface area contributed by atoms with Crippen LogP contribution in [-0.2, 0) is 11.3 Å². The van der Waals surface area contributed by atoms with E-state index >= 15 is 0 Å². The Balaban J connectivity index is 1.60. The first-order chi connectivity index (χ1) is 11.3. The van der Waals surface area contributed by atoms with Crippen LogP contribution in [0.3, 0.4) is 0 Å². The van der Waals surface area contributed by atoms with Gasteiger partial charge in [-0.25, -0.2) is 0 Å². The maximum atomic E-state index is 11.8. The molecular weight excluding hydrogens is 292 g/mol. The Labute approximate surface area is 136 Å². The number of hydrogen-bond donors (Lipinski definition) is 0. The van der Waals surface area contributed by atoms with E-state index in [1.807, 2.05) is 42.2 Å². The largest absolute Gasteiger partial charge is 0.341 e. The molecule has 2 heterocycles. The SMILES string of the molecule is CCC(=O)N1CCCN(Cc2noc(-c3ccccc3)n2)CC1. The van der Waals surface area contributed by atoms with Crippen molar-refractivity contribution in [3.05, 3.63) is 36.2 Å². The zero-order valence-corrected chi connectivity index (χ0v) is 13.4. The number of aromatic nitrogens is 2. The normalized spacial score (nSPS) is 16.3. The van der Waals surface area contributed by atoms with Crippen LogP contribution in [0.5, 0.6) is 0 Å². The zero-order chi connectivity index (χ0) is 16.1. The molecular formula is C17H22N4O2. The minimum atomic E-state index is 0.234. The van der Waals surface area contributed by atoms with Crippen molar-refractivity contribution >= 4 is 5.91 Å². The van der Waals surface area contributed by atoms with Gasteiger partial charge < -0.3 is 9.42 Å². The summed E-state index contributed by atoms with van der Waals surface area (Å²) in [5, 5.41) is 4.08. The van der Waals surface area contributed by atoms with E-state index in [4.69, 9.17) is 4.52 Å². The van der Waals surface area contributed by atoms with E-state index in [2.05, 4.69) is 15.0 Å². The Hall–Kier alpha value is -2.21. The summed E-state index contributed by atoms with van der Waals surface area (Å²) in [4.78, 5) is 20.5. The van der Waals surface area contributed by atoms with Gasteiger partial charge >= 0.3 is 0 Å². The molecule has 122 valence electrons. The monoisotopic (exact) mass is 314 g/mol. The second-order valence-electron chi connectivity index (χ2n) is 5.75. The van der Waals surface area contributed by atoms with E-state index in [9.17, 15) is 4.79 Å². The van der Waals surface area contributed by atoms with Crippen LogP contribution in [0.15, 0.2) is 34.9 Å². The lowest BCUT2D eigenvalue weighted by Crippen LogP contribution is -2.34. The Kier molecular flexibility index (Phi) is 5.02. The Morgan fingerprint density at radius 3 is 2.78 bits per heavy atom. The third-order valence-electron chi connectivity index (χ3n) is 4.10. The van der Waals surface area contributed by atoms with Gasteiger partial charge in [0.1, 0.15) is 0 Å². The van der Waals surface area contributed by atoms with Gasteiger partial charge in [0.2, 0.25) is 5.91 Å². The fraction of sp³-hybridized carbons (Fsp3) is 0.471. The van der Waals surface area contributed by atoms with Gasteiger partial charge in [-0.05, 0) is 18.6 Å². The molecule has 1 aromatic heterocycles. The molecule has 0 spiro atoms. The van der Waals surface area contributed by atoms with Gasteiger partial charge in [-0.2, -0.15) is 4.98 Å². The highest BCUT2D eigenvalue weighted by atomic mass is 16.5. The Bertz CT molecular complexity index is 641. The van der Waals surface area contributed by atoms with Gasteiger partial charge in [-0.3, -0.25) is 9.69 Å². The van der Waals surface area contributed by atoms with E-state index in [0.717, 1.165) is 38.2 Å². The summed E-state index contributed by atoms with van der Waals surface area (Å²) in [6.45, 7) is 5.98. The molecule has 1 aliphatic rings. The van der Waals surface area contributed by atoms with Crippen molar-refractivity contribution in [3.63, 3.8) is 0 Å². The predicted octanol–water partition coefficient (Wildman–Crippen LogP) is 2.18. The molecule has 0 unspecified atom stereocenters. The van der Waals surface area contributed by atoms with E-state index in [1.165, 1.54) is 0 Å². The zero-order valence-electron chi connectivity index (χ0n) is 13.4. The molecule has 23 heavy (non-hydrogen) atoms. The molecule has 2 aromatic rings. The van der Waals surface area contributed by atoms with Gasteiger partial charge in [0.25, 0.3) is 5.89 Å². The minimum Gasteiger partial charge on any atom is -0.341 e. The molecule has 1 fully saturated rings. The molecule has 1 saturated heterocycles. The van der Waals surface area contributed by atoms with Gasteiger partial charge in [0.05, 0.1) is 6.54 Å². The van der Waals surface area contributed by atoms with Crippen molar-refractivity contribution in [1.29, 1.82) is 0 Å². The lowest BCUT2D eigenvalue weighted by atomic mass is 10.2. The van der Waals surface area contributed by atoms with Crippen LogP contribution < -0.4 is 0 Å². The highest BCUT2D eigenvalue weighted by Gasteiger charge is 2.19. The number of carbonyl (C=O) groups excluding carboxylic acids is 1. The second kappa shape index (κ2) is 7.37. The van der Waals surface area contributed by atoms with E-state index < -0.39 is 0 Å². The molecule has 0 saturated carbocycles. The maximum absolute atomic E-state index is 11.8. The average molecular weight is 314 g/mol. The van der Waals surface area contributed by atoms with Crippen molar-refractivity contribution in [3.8, 4) is 11.5 Å². The van der Waals surface area contributed by atoms with E-state index in [1.54, 1.807) is 0 Å². The molecule has 0 radical (unpaired) electrons. The summed E-state index contributed by atoms with van der Waals surface area (Å²) in [5.74, 6) is 1.48. The van der Waals surface area contributed by atoms with E-state index in [0.29, 0.717) is 24.7 Å². The number of hydrogen-bond acceptors (Lipinski definition) is 5. The van der Waals surface area contributed by atoms with Crippen LogP contribution in [0.2, 0.25) is 0 Å². The number of amides is 1. The van der Waals surface area contributed by atoms with Crippen LogP contribution in [0.1, 0.15) is 25.6 Å². The summed E-state index contributed by atoms with van der Waals surface area (Å²) in [7, 11) is 0. The van der Waals surface area contributed by atoms with Gasteiger partial charge in [-0.15, -0.1) is 0 Å². The fourth-order valence-electron chi connectivity index (χ4n) is 2.82. The maximum Gasteiger partial charge on any atom is 0.257 e. The summed E-state index contributed by atoms with van der Waals surface area (Å²) in [6, 6.07) is 9.77. The van der Waals surface area contributed by atoms with Crippen LogP contribution in [0, 0.1) is 0 Å². The highest BCUT2D eigenvalue weighted by Crippen LogP contribution is 2.17. The first-order valence-electron chi connectivity index (χ1n) is 8.14. The lowest BCUT2D eigenvalue weighted by molar-refractivity contribution is -0.130. The summed E-state index contributed by atoms with van der Waals surface area (Å²) in [5.41, 5.74) is 0.932. The number of benzene rings is 1. The van der Waals surface area contributed by atoms with E-state index in [-0.39, 0.29) is 5.91 Å². The molecule has 1 aliphatic heterocycles. The summed E-state index contributed by atoms with van der Waals surface area (Å²) < 4.78 is 5.35. The quantitative estimate of drug-likeness (QED) is 0.865. The van der Waals surface area contributed by atoms with Crippen LogP contribution >= 0.6 is 0 Å². The summed E-state index contributed by atoms with van der Waals surface area (Å²) in [6.07, 6.45) is 1.56. The first-order valence-corrected chi connectivity index (χ1v) is 8.14. The molecule has 0 bridgehead atoms. The second-order valence-corrected chi connectivity index (χ2v) is 5.75. The summed E-state index contributed by atoms with van der Waals surface area (Å²) >= 11 is 0. The smallest absolute Gasteiger partial charge is 0.257 e. The minimum absolute atomic E-state index is 0.234. The number of nitrogens with zero attached hydrogens (tertiary/aromatic N) is 4. The van der Waals surface area contributed by atoms with Crippen LogP contribution in [0.4, 0.5) is 0 Å². The molecule has 1 aromatic carbocycles. The van der Waals surface area contributed by atoms with Crippen molar-refractivity contribution in [2.75, 3.05) is 26.2 Å². The predicted molar refractivity (Wildman–Crippen MR) is 86.5 cm³/mol. The lowest BCUT2D eigenvalue weighted by Gasteiger charge is -2.20. The number of rotatable bonds is 4. The Morgan fingerprint density at radius 1 is 1.17 bits per heavy atom. The highest BCUT2D eigenvalue weighted by molar-refractivity contribution is 5.75.